The van der Waals surface area contributed by atoms with Crippen molar-refractivity contribution in [2.24, 2.45) is 5.92 Å². The molecule has 0 aliphatic rings. The maximum Gasteiger partial charge on any atom is 0.418 e. The van der Waals surface area contributed by atoms with Crippen molar-refractivity contribution in [2.75, 3.05) is 5.32 Å². The fraction of sp³-hybridized carbons (Fsp3) is 0.467. The van der Waals surface area contributed by atoms with Crippen molar-refractivity contribution in [3.05, 3.63) is 29.3 Å². The van der Waals surface area contributed by atoms with E-state index in [-0.39, 0.29) is 23.6 Å². The van der Waals surface area contributed by atoms with Crippen LogP contribution in [0.2, 0.25) is 0 Å². The number of hydrogen-bond donors (Lipinski definition) is 3. The molecule has 128 valence electrons. The number of aryl methyl sites for hydroxylation is 1. The second kappa shape index (κ2) is 7.34. The van der Waals surface area contributed by atoms with Gasteiger partial charge in [0.15, 0.2) is 0 Å². The number of nitrogens with one attached hydrogen (secondary N) is 2. The number of alkyl halides is 3. The van der Waals surface area contributed by atoms with Crippen LogP contribution in [0.3, 0.4) is 0 Å². The third-order valence-corrected chi connectivity index (χ3v) is 3.13. The van der Waals surface area contributed by atoms with E-state index in [2.05, 4.69) is 10.6 Å². The Morgan fingerprint density at radius 2 is 1.87 bits per heavy atom. The Labute approximate surface area is 131 Å². The zero-order valence-electron chi connectivity index (χ0n) is 13.0. The average Bonchev–Trinajstić information content (AvgIpc) is 2.38. The third-order valence-electron chi connectivity index (χ3n) is 3.13. The van der Waals surface area contributed by atoms with Crippen LogP contribution in [0.15, 0.2) is 18.2 Å². The highest BCUT2D eigenvalue weighted by Gasteiger charge is 2.34. The van der Waals surface area contributed by atoms with E-state index in [1.54, 1.807) is 13.8 Å². The SMILES string of the molecule is Cc1cccc(C(F)(F)F)c1NC(=O)N[C@@H](CC(C)C)C(=O)O. The van der Waals surface area contributed by atoms with E-state index >= 15 is 0 Å². The molecular weight excluding hydrogens is 313 g/mol. The second-order valence-electron chi connectivity index (χ2n) is 5.61. The number of amides is 2. The summed E-state index contributed by atoms with van der Waals surface area (Å²) in [5.74, 6) is -1.24. The van der Waals surface area contributed by atoms with Gasteiger partial charge in [-0.05, 0) is 30.9 Å². The first-order valence-corrected chi connectivity index (χ1v) is 6.99. The summed E-state index contributed by atoms with van der Waals surface area (Å²) in [7, 11) is 0. The summed E-state index contributed by atoms with van der Waals surface area (Å²) >= 11 is 0. The van der Waals surface area contributed by atoms with Gasteiger partial charge in [-0.1, -0.05) is 26.0 Å². The van der Waals surface area contributed by atoms with Crippen LogP contribution in [0.4, 0.5) is 23.7 Å². The summed E-state index contributed by atoms with van der Waals surface area (Å²) in [5.41, 5.74) is -1.14. The van der Waals surface area contributed by atoms with Gasteiger partial charge in [0.1, 0.15) is 6.04 Å². The van der Waals surface area contributed by atoms with Crippen LogP contribution in [0.5, 0.6) is 0 Å². The van der Waals surface area contributed by atoms with Crippen molar-refractivity contribution < 1.29 is 27.9 Å². The molecular formula is C15H19F3N2O3. The number of urea groups is 1. The number of carbonyl (C=O) groups excluding carboxylic acids is 1. The van der Waals surface area contributed by atoms with Crippen molar-refractivity contribution in [3.63, 3.8) is 0 Å². The molecule has 0 saturated heterocycles. The van der Waals surface area contributed by atoms with Gasteiger partial charge < -0.3 is 15.7 Å². The van der Waals surface area contributed by atoms with Crippen molar-refractivity contribution in [1.29, 1.82) is 0 Å². The molecule has 1 atom stereocenters. The minimum atomic E-state index is -4.63. The topological polar surface area (TPSA) is 78.4 Å². The number of carboxylic acid groups (broad SMARTS) is 1. The van der Waals surface area contributed by atoms with E-state index in [1.807, 2.05) is 0 Å². The van der Waals surface area contributed by atoms with Gasteiger partial charge in [-0.2, -0.15) is 13.2 Å². The molecule has 0 unspecified atom stereocenters. The highest BCUT2D eigenvalue weighted by molar-refractivity contribution is 5.93. The summed E-state index contributed by atoms with van der Waals surface area (Å²) in [6.07, 6.45) is -4.46. The van der Waals surface area contributed by atoms with Gasteiger partial charge in [-0.25, -0.2) is 9.59 Å². The molecule has 0 bridgehead atoms. The van der Waals surface area contributed by atoms with Crippen molar-refractivity contribution in [1.82, 2.24) is 5.32 Å². The third kappa shape index (κ3) is 5.46. The van der Waals surface area contributed by atoms with Gasteiger partial charge in [0.05, 0.1) is 11.3 Å². The van der Waals surface area contributed by atoms with Gasteiger partial charge in [0.2, 0.25) is 0 Å². The van der Waals surface area contributed by atoms with Crippen LogP contribution in [0.1, 0.15) is 31.4 Å². The Morgan fingerprint density at radius 1 is 1.26 bits per heavy atom. The zero-order valence-corrected chi connectivity index (χ0v) is 13.0. The Morgan fingerprint density at radius 3 is 2.35 bits per heavy atom. The predicted octanol–water partition coefficient (Wildman–Crippen LogP) is 3.63. The van der Waals surface area contributed by atoms with E-state index in [9.17, 15) is 22.8 Å². The van der Waals surface area contributed by atoms with E-state index in [0.717, 1.165) is 6.07 Å². The number of rotatable bonds is 5. The number of carbonyl (C=O) groups is 2. The number of aliphatic carboxylic acids is 1. The molecule has 1 aromatic rings. The summed E-state index contributed by atoms with van der Waals surface area (Å²) in [4.78, 5) is 23.0. The molecule has 0 radical (unpaired) electrons. The quantitative estimate of drug-likeness (QED) is 0.770. The lowest BCUT2D eigenvalue weighted by Gasteiger charge is -2.19. The van der Waals surface area contributed by atoms with Gasteiger partial charge in [0, 0.05) is 0 Å². The second-order valence-corrected chi connectivity index (χ2v) is 5.61. The lowest BCUT2D eigenvalue weighted by atomic mass is 10.0. The monoisotopic (exact) mass is 332 g/mol. The molecule has 0 fully saturated rings. The molecule has 23 heavy (non-hydrogen) atoms. The summed E-state index contributed by atoms with van der Waals surface area (Å²) in [6.45, 7) is 4.98. The minimum Gasteiger partial charge on any atom is -0.480 e. The van der Waals surface area contributed by atoms with Crippen molar-refractivity contribution in [2.45, 2.75) is 39.4 Å². The van der Waals surface area contributed by atoms with Crippen molar-refractivity contribution in [3.8, 4) is 0 Å². The van der Waals surface area contributed by atoms with Crippen molar-refractivity contribution >= 4 is 17.7 Å². The minimum absolute atomic E-state index is 0.000553. The molecule has 0 saturated carbocycles. The van der Waals surface area contributed by atoms with Crippen LogP contribution in [-0.2, 0) is 11.0 Å². The summed E-state index contributed by atoms with van der Waals surface area (Å²) in [5, 5.41) is 13.3. The zero-order chi connectivity index (χ0) is 17.8. The average molecular weight is 332 g/mol. The largest absolute Gasteiger partial charge is 0.480 e. The molecule has 0 aliphatic heterocycles. The van der Waals surface area contributed by atoms with Crippen LogP contribution in [-0.4, -0.2) is 23.1 Å². The molecule has 2 amide bonds. The van der Waals surface area contributed by atoms with Gasteiger partial charge >= 0.3 is 18.2 Å². The van der Waals surface area contributed by atoms with Gasteiger partial charge in [0.25, 0.3) is 0 Å². The Bertz CT molecular complexity index is 586. The lowest BCUT2D eigenvalue weighted by molar-refractivity contribution is -0.139. The van der Waals surface area contributed by atoms with E-state index in [4.69, 9.17) is 5.11 Å². The molecule has 0 aromatic heterocycles. The first kappa shape index (κ1) is 18.8. The van der Waals surface area contributed by atoms with E-state index < -0.39 is 29.8 Å². The maximum absolute atomic E-state index is 13.0. The molecule has 0 heterocycles. The molecule has 5 nitrogen and oxygen atoms in total. The van der Waals surface area contributed by atoms with Crippen LogP contribution in [0, 0.1) is 12.8 Å². The molecule has 0 aliphatic carbocycles. The fourth-order valence-corrected chi connectivity index (χ4v) is 2.07. The molecule has 0 spiro atoms. The molecule has 8 heteroatoms. The standard InChI is InChI=1S/C15H19F3N2O3/c1-8(2)7-11(13(21)22)19-14(23)20-12-9(3)5-4-6-10(12)15(16,17)18/h4-6,8,11H,7H2,1-3H3,(H,21,22)(H2,19,20,23)/t11-/m0/s1. The van der Waals surface area contributed by atoms with E-state index in [0.29, 0.717) is 0 Å². The first-order valence-electron chi connectivity index (χ1n) is 6.99. The molecule has 3 N–H and O–H groups in total. The smallest absolute Gasteiger partial charge is 0.418 e. The van der Waals surface area contributed by atoms with Crippen LogP contribution >= 0.6 is 0 Å². The Balaban J connectivity index is 2.95. The maximum atomic E-state index is 13.0. The predicted molar refractivity (Wildman–Crippen MR) is 79.2 cm³/mol. The van der Waals surface area contributed by atoms with Gasteiger partial charge in [-0.15, -0.1) is 0 Å². The van der Waals surface area contributed by atoms with Crippen LogP contribution < -0.4 is 10.6 Å². The lowest BCUT2D eigenvalue weighted by Crippen LogP contribution is -2.44. The number of anilines is 1. The van der Waals surface area contributed by atoms with E-state index in [1.165, 1.54) is 19.1 Å². The number of para-hydroxylation sites is 1. The Kier molecular flexibility index (Phi) is 6.00. The summed E-state index contributed by atoms with van der Waals surface area (Å²) < 4.78 is 38.9. The number of halogens is 3. The first-order chi connectivity index (χ1) is 10.5. The highest BCUT2D eigenvalue weighted by Crippen LogP contribution is 2.36. The Hall–Kier alpha value is -2.25. The normalized spacial score (nSPS) is 12.8. The fourth-order valence-electron chi connectivity index (χ4n) is 2.07. The number of benzene rings is 1. The number of carboxylic acids is 1. The number of hydrogen-bond acceptors (Lipinski definition) is 2. The summed E-state index contributed by atoms with van der Waals surface area (Å²) in [6, 6.07) is 1.35. The van der Waals surface area contributed by atoms with Gasteiger partial charge in [-0.3, -0.25) is 0 Å². The van der Waals surface area contributed by atoms with Crippen LogP contribution in [0.25, 0.3) is 0 Å². The highest BCUT2D eigenvalue weighted by atomic mass is 19.4. The molecule has 1 rings (SSSR count). The molecule has 1 aromatic carbocycles.